The van der Waals surface area contributed by atoms with Gasteiger partial charge in [-0.2, -0.15) is 0 Å². The van der Waals surface area contributed by atoms with Crippen molar-refractivity contribution in [3.8, 4) is 0 Å². The number of rotatable bonds is 11. The molecule has 0 N–H and O–H groups in total. The standard InChI is InChI=1S/C17H27F3O3Si/c1-13(2)23-24(21-3,22-4)10-8-6-5-7-9-14-11-16(19)17(20)12-15(14)18/h11-13H,5-10H2,1-4H3. The summed E-state index contributed by atoms with van der Waals surface area (Å²) in [6.07, 6.45) is 3.78. The smallest absolute Gasteiger partial charge is 0.377 e. The average molecular weight is 364 g/mol. The molecule has 0 aliphatic rings. The van der Waals surface area contributed by atoms with Crippen LogP contribution >= 0.6 is 0 Å². The third-order valence-electron chi connectivity index (χ3n) is 3.81. The van der Waals surface area contributed by atoms with Crippen molar-refractivity contribution in [2.45, 2.75) is 58.1 Å². The predicted molar refractivity (Wildman–Crippen MR) is 89.3 cm³/mol. The van der Waals surface area contributed by atoms with E-state index in [2.05, 4.69) is 0 Å². The minimum atomic E-state index is -2.60. The number of unbranched alkanes of at least 4 members (excludes halogenated alkanes) is 3. The van der Waals surface area contributed by atoms with Crippen LogP contribution in [0.1, 0.15) is 45.1 Å². The summed E-state index contributed by atoms with van der Waals surface area (Å²) in [5.41, 5.74) is 0.217. The molecule has 1 aromatic rings. The van der Waals surface area contributed by atoms with Crippen LogP contribution in [0.3, 0.4) is 0 Å². The Balaban J connectivity index is 2.35. The van der Waals surface area contributed by atoms with E-state index in [-0.39, 0.29) is 11.7 Å². The van der Waals surface area contributed by atoms with Crippen LogP contribution < -0.4 is 0 Å². The highest BCUT2D eigenvalue weighted by molar-refractivity contribution is 6.60. The van der Waals surface area contributed by atoms with Gasteiger partial charge >= 0.3 is 8.80 Å². The third-order valence-corrected chi connectivity index (χ3v) is 6.85. The molecule has 0 bridgehead atoms. The molecular weight excluding hydrogens is 337 g/mol. The highest BCUT2D eigenvalue weighted by Crippen LogP contribution is 2.21. The Bertz CT molecular complexity index is 508. The summed E-state index contributed by atoms with van der Waals surface area (Å²) in [7, 11) is 0.598. The van der Waals surface area contributed by atoms with Crippen molar-refractivity contribution in [2.24, 2.45) is 0 Å². The van der Waals surface area contributed by atoms with E-state index < -0.39 is 26.3 Å². The van der Waals surface area contributed by atoms with Gasteiger partial charge in [0.2, 0.25) is 0 Å². The summed E-state index contributed by atoms with van der Waals surface area (Å²) in [6, 6.07) is 2.26. The lowest BCUT2D eigenvalue weighted by Crippen LogP contribution is -2.45. The van der Waals surface area contributed by atoms with Gasteiger partial charge in [-0.3, -0.25) is 0 Å². The van der Waals surface area contributed by atoms with Crippen LogP contribution in [-0.4, -0.2) is 29.1 Å². The summed E-state index contributed by atoms with van der Waals surface area (Å²) in [4.78, 5) is 0. The molecule has 24 heavy (non-hydrogen) atoms. The lowest BCUT2D eigenvalue weighted by atomic mass is 10.1. The molecule has 0 aliphatic carbocycles. The Morgan fingerprint density at radius 2 is 1.46 bits per heavy atom. The van der Waals surface area contributed by atoms with Crippen molar-refractivity contribution in [3.05, 3.63) is 35.1 Å². The molecular formula is C17H27F3O3Si. The van der Waals surface area contributed by atoms with Crippen molar-refractivity contribution < 1.29 is 26.4 Å². The van der Waals surface area contributed by atoms with Crippen LogP contribution in [0.15, 0.2) is 12.1 Å². The Labute approximate surface area is 143 Å². The summed E-state index contributed by atoms with van der Waals surface area (Å²) in [5, 5.41) is 0. The highest BCUT2D eigenvalue weighted by atomic mass is 28.4. The van der Waals surface area contributed by atoms with Gasteiger partial charge < -0.3 is 13.3 Å². The molecule has 0 saturated heterocycles. The van der Waals surface area contributed by atoms with Gasteiger partial charge in [0.05, 0.1) is 0 Å². The van der Waals surface area contributed by atoms with E-state index in [1.54, 1.807) is 14.2 Å². The monoisotopic (exact) mass is 364 g/mol. The molecule has 0 amide bonds. The maximum Gasteiger partial charge on any atom is 0.500 e. The van der Waals surface area contributed by atoms with Gasteiger partial charge in [0, 0.05) is 32.4 Å². The fourth-order valence-electron chi connectivity index (χ4n) is 2.57. The minimum Gasteiger partial charge on any atom is -0.377 e. The van der Waals surface area contributed by atoms with E-state index in [0.29, 0.717) is 18.9 Å². The van der Waals surface area contributed by atoms with Crippen LogP contribution in [0.2, 0.25) is 6.04 Å². The Hall–Kier alpha value is -0.893. The van der Waals surface area contributed by atoms with Gasteiger partial charge in [-0.05, 0) is 44.7 Å². The van der Waals surface area contributed by atoms with Crippen molar-refractivity contribution in [1.82, 2.24) is 0 Å². The molecule has 0 unspecified atom stereocenters. The first-order chi connectivity index (χ1) is 11.3. The number of hydrogen-bond acceptors (Lipinski definition) is 3. The summed E-state index contributed by atoms with van der Waals surface area (Å²) >= 11 is 0. The maximum atomic E-state index is 13.5. The zero-order valence-electron chi connectivity index (χ0n) is 14.8. The van der Waals surface area contributed by atoms with Crippen LogP contribution in [0.25, 0.3) is 0 Å². The summed E-state index contributed by atoms with van der Waals surface area (Å²) < 4.78 is 56.3. The van der Waals surface area contributed by atoms with Crippen LogP contribution in [0.5, 0.6) is 0 Å². The quantitative estimate of drug-likeness (QED) is 0.319. The fraction of sp³-hybridized carbons (Fsp3) is 0.647. The molecule has 0 spiro atoms. The normalized spacial score (nSPS) is 12.2. The molecule has 1 rings (SSSR count). The van der Waals surface area contributed by atoms with E-state index >= 15 is 0 Å². The van der Waals surface area contributed by atoms with E-state index in [9.17, 15) is 13.2 Å². The molecule has 0 aliphatic heterocycles. The fourth-order valence-corrected chi connectivity index (χ4v) is 4.85. The van der Waals surface area contributed by atoms with Gasteiger partial charge in [0.1, 0.15) is 5.82 Å². The Morgan fingerprint density at radius 1 is 0.875 bits per heavy atom. The van der Waals surface area contributed by atoms with Gasteiger partial charge in [0.15, 0.2) is 11.6 Å². The molecule has 138 valence electrons. The number of hydrogen-bond donors (Lipinski definition) is 0. The van der Waals surface area contributed by atoms with Crippen molar-refractivity contribution in [3.63, 3.8) is 0 Å². The molecule has 0 atom stereocenters. The number of halogens is 3. The summed E-state index contributed by atoms with van der Waals surface area (Å²) in [5.74, 6) is -2.85. The van der Waals surface area contributed by atoms with Gasteiger partial charge in [-0.1, -0.05) is 12.8 Å². The van der Waals surface area contributed by atoms with Crippen LogP contribution in [0.4, 0.5) is 13.2 Å². The molecule has 0 heterocycles. The Morgan fingerprint density at radius 3 is 2.04 bits per heavy atom. The third kappa shape index (κ3) is 6.55. The highest BCUT2D eigenvalue weighted by Gasteiger charge is 2.39. The number of benzene rings is 1. The average Bonchev–Trinajstić information content (AvgIpc) is 2.53. The van der Waals surface area contributed by atoms with Gasteiger partial charge in [-0.15, -0.1) is 0 Å². The zero-order chi connectivity index (χ0) is 18.2. The zero-order valence-corrected chi connectivity index (χ0v) is 15.8. The van der Waals surface area contributed by atoms with Crippen molar-refractivity contribution >= 4 is 8.80 Å². The van der Waals surface area contributed by atoms with Crippen molar-refractivity contribution in [2.75, 3.05) is 14.2 Å². The van der Waals surface area contributed by atoms with Crippen LogP contribution in [0, 0.1) is 17.5 Å². The SMILES string of the molecule is CO[Si](CCCCCCc1cc(F)c(F)cc1F)(OC)OC(C)C. The minimum absolute atomic E-state index is 0.0351. The molecule has 0 fully saturated rings. The van der Waals surface area contributed by atoms with E-state index in [1.165, 1.54) is 0 Å². The van der Waals surface area contributed by atoms with Crippen molar-refractivity contribution in [1.29, 1.82) is 0 Å². The first-order valence-corrected chi connectivity index (χ1v) is 10.2. The van der Waals surface area contributed by atoms with Gasteiger partial charge in [-0.25, -0.2) is 13.2 Å². The largest absolute Gasteiger partial charge is 0.500 e. The molecule has 3 nitrogen and oxygen atoms in total. The number of aryl methyl sites for hydroxylation is 1. The molecule has 0 saturated carbocycles. The second-order valence-corrected chi connectivity index (χ2v) is 8.95. The van der Waals surface area contributed by atoms with E-state index in [0.717, 1.165) is 31.4 Å². The molecule has 7 heteroatoms. The lowest BCUT2D eigenvalue weighted by molar-refractivity contribution is 0.0693. The first-order valence-electron chi connectivity index (χ1n) is 8.25. The topological polar surface area (TPSA) is 27.7 Å². The maximum absolute atomic E-state index is 13.5. The van der Waals surface area contributed by atoms with E-state index in [1.807, 2.05) is 13.8 Å². The first kappa shape index (κ1) is 21.2. The second-order valence-electron chi connectivity index (χ2n) is 6.03. The van der Waals surface area contributed by atoms with Gasteiger partial charge in [0.25, 0.3) is 0 Å². The van der Waals surface area contributed by atoms with E-state index in [4.69, 9.17) is 13.3 Å². The lowest BCUT2D eigenvalue weighted by Gasteiger charge is -2.28. The molecule has 0 aromatic heterocycles. The Kier molecular flexibility index (Phi) is 8.97. The molecule has 0 radical (unpaired) electrons. The van der Waals surface area contributed by atoms with Crippen LogP contribution in [-0.2, 0) is 19.7 Å². The summed E-state index contributed by atoms with van der Waals surface area (Å²) in [6.45, 7) is 3.88. The predicted octanol–water partition coefficient (Wildman–Crippen LogP) is 4.86. The second kappa shape index (κ2) is 10.2. The molecule has 1 aromatic carbocycles.